The van der Waals surface area contributed by atoms with Crippen LogP contribution in [0.3, 0.4) is 0 Å². The van der Waals surface area contributed by atoms with Gasteiger partial charge in [0, 0.05) is 6.42 Å². The van der Waals surface area contributed by atoms with Crippen LogP contribution >= 0.6 is 0 Å². The minimum Gasteiger partial charge on any atom is -0.394 e. The fraction of sp³-hybridized carbons (Fsp3) is 0.929. The van der Waals surface area contributed by atoms with Crippen LogP contribution in [0.1, 0.15) is 47.0 Å². The Hall–Kier alpha value is -0.610. The van der Waals surface area contributed by atoms with E-state index in [2.05, 4.69) is 19.2 Å². The molecule has 0 aromatic heterocycles. The first kappa shape index (κ1) is 17.4. The summed E-state index contributed by atoms with van der Waals surface area (Å²) in [6.45, 7) is 9.00. The largest absolute Gasteiger partial charge is 0.394 e. The van der Waals surface area contributed by atoms with Gasteiger partial charge in [-0.3, -0.25) is 4.79 Å². The third kappa shape index (κ3) is 6.97. The lowest BCUT2D eigenvalue weighted by Crippen LogP contribution is -2.41. The third-order valence-electron chi connectivity index (χ3n) is 3.57. The maximum atomic E-state index is 11.8. The van der Waals surface area contributed by atoms with Crippen molar-refractivity contribution in [2.45, 2.75) is 53.0 Å². The molecule has 0 heterocycles. The van der Waals surface area contributed by atoms with E-state index >= 15 is 0 Å². The lowest BCUT2D eigenvalue weighted by atomic mass is 9.88. The van der Waals surface area contributed by atoms with Crippen LogP contribution in [-0.4, -0.2) is 30.2 Å². The molecule has 4 heteroatoms. The summed E-state index contributed by atoms with van der Waals surface area (Å²) in [7, 11) is 0. The monoisotopic (exact) mass is 258 g/mol. The number of nitrogens with two attached hydrogens (primary N) is 1. The van der Waals surface area contributed by atoms with Crippen molar-refractivity contribution in [1.29, 1.82) is 0 Å². The summed E-state index contributed by atoms with van der Waals surface area (Å²) in [5, 5.41) is 12.0. The number of aliphatic hydroxyl groups excluding tert-OH is 1. The summed E-state index contributed by atoms with van der Waals surface area (Å²) >= 11 is 0. The molecule has 2 atom stereocenters. The molecule has 4 nitrogen and oxygen atoms in total. The van der Waals surface area contributed by atoms with Crippen molar-refractivity contribution in [3.63, 3.8) is 0 Å². The highest BCUT2D eigenvalue weighted by Crippen LogP contribution is 2.20. The molecule has 18 heavy (non-hydrogen) atoms. The Balaban J connectivity index is 4.07. The minimum atomic E-state index is -0.135. The maximum Gasteiger partial charge on any atom is 0.220 e. The molecular formula is C14H30N2O2. The summed E-state index contributed by atoms with van der Waals surface area (Å²) in [6.07, 6.45) is 2.36. The summed E-state index contributed by atoms with van der Waals surface area (Å²) < 4.78 is 0. The molecule has 108 valence electrons. The normalized spacial score (nSPS) is 14.9. The molecular weight excluding hydrogens is 228 g/mol. The topological polar surface area (TPSA) is 75.4 Å². The van der Waals surface area contributed by atoms with Crippen LogP contribution in [-0.2, 0) is 4.79 Å². The van der Waals surface area contributed by atoms with Crippen LogP contribution in [0.25, 0.3) is 0 Å². The average molecular weight is 258 g/mol. The Morgan fingerprint density at radius 1 is 1.17 bits per heavy atom. The number of rotatable bonds is 9. The number of amides is 1. The summed E-state index contributed by atoms with van der Waals surface area (Å²) in [5.74, 6) is 1.35. The van der Waals surface area contributed by atoms with E-state index in [1.54, 1.807) is 0 Å². The van der Waals surface area contributed by atoms with Crippen molar-refractivity contribution in [1.82, 2.24) is 5.32 Å². The van der Waals surface area contributed by atoms with Gasteiger partial charge in [0.1, 0.15) is 0 Å². The van der Waals surface area contributed by atoms with Crippen LogP contribution in [0, 0.1) is 17.8 Å². The molecule has 0 aliphatic heterocycles. The van der Waals surface area contributed by atoms with Gasteiger partial charge in [-0.05, 0) is 37.1 Å². The number of nitrogens with one attached hydrogen (secondary N) is 1. The third-order valence-corrected chi connectivity index (χ3v) is 3.57. The number of carbonyl (C=O) groups excluding carboxylic acids is 1. The maximum absolute atomic E-state index is 11.8. The molecule has 0 aromatic rings. The Morgan fingerprint density at radius 2 is 1.78 bits per heavy atom. The lowest BCUT2D eigenvalue weighted by molar-refractivity contribution is -0.122. The predicted molar refractivity (Wildman–Crippen MR) is 75.1 cm³/mol. The van der Waals surface area contributed by atoms with E-state index in [1.165, 1.54) is 0 Å². The van der Waals surface area contributed by atoms with E-state index in [0.29, 0.717) is 24.8 Å². The van der Waals surface area contributed by atoms with Gasteiger partial charge in [-0.1, -0.05) is 27.7 Å². The SMILES string of the molecule is CC(C)C(CCN)CCC(=O)NC(CO)C(C)C. The lowest BCUT2D eigenvalue weighted by Gasteiger charge is -2.22. The first-order valence-electron chi connectivity index (χ1n) is 7.02. The van der Waals surface area contributed by atoms with E-state index in [4.69, 9.17) is 10.8 Å². The average Bonchev–Trinajstić information content (AvgIpc) is 2.30. The van der Waals surface area contributed by atoms with Gasteiger partial charge in [-0.25, -0.2) is 0 Å². The van der Waals surface area contributed by atoms with Gasteiger partial charge in [0.25, 0.3) is 0 Å². The highest BCUT2D eigenvalue weighted by atomic mass is 16.3. The Bertz CT molecular complexity index is 230. The number of carbonyl (C=O) groups is 1. The zero-order valence-electron chi connectivity index (χ0n) is 12.3. The number of aliphatic hydroxyl groups is 1. The van der Waals surface area contributed by atoms with E-state index in [1.807, 2.05) is 13.8 Å². The van der Waals surface area contributed by atoms with Gasteiger partial charge < -0.3 is 16.2 Å². The molecule has 0 fully saturated rings. The van der Waals surface area contributed by atoms with Crippen molar-refractivity contribution in [3.8, 4) is 0 Å². The standard InChI is InChI=1S/C14H30N2O2/c1-10(2)12(7-8-15)5-6-14(18)16-13(9-17)11(3)4/h10-13,17H,5-9,15H2,1-4H3,(H,16,18). The van der Waals surface area contributed by atoms with E-state index < -0.39 is 0 Å². The number of hydrogen-bond acceptors (Lipinski definition) is 3. The molecule has 0 spiro atoms. The van der Waals surface area contributed by atoms with E-state index in [9.17, 15) is 4.79 Å². The quantitative estimate of drug-likeness (QED) is 0.587. The molecule has 0 saturated carbocycles. The summed E-state index contributed by atoms with van der Waals surface area (Å²) in [6, 6.07) is -0.135. The van der Waals surface area contributed by atoms with Crippen molar-refractivity contribution in [2.75, 3.05) is 13.2 Å². The van der Waals surface area contributed by atoms with Gasteiger partial charge >= 0.3 is 0 Å². The molecule has 0 bridgehead atoms. The Morgan fingerprint density at radius 3 is 2.17 bits per heavy atom. The Labute approximate surface area is 111 Å². The fourth-order valence-corrected chi connectivity index (χ4v) is 2.04. The molecule has 4 N–H and O–H groups in total. The Kier molecular flexibility index (Phi) is 9.02. The minimum absolute atomic E-state index is 0.000183. The fourth-order valence-electron chi connectivity index (χ4n) is 2.04. The van der Waals surface area contributed by atoms with Gasteiger partial charge in [-0.15, -0.1) is 0 Å². The summed E-state index contributed by atoms with van der Waals surface area (Å²) in [5.41, 5.74) is 5.58. The first-order chi connectivity index (χ1) is 8.42. The molecule has 1 amide bonds. The van der Waals surface area contributed by atoms with Crippen LogP contribution < -0.4 is 11.1 Å². The van der Waals surface area contributed by atoms with Crippen LogP contribution in [0.4, 0.5) is 0 Å². The predicted octanol–water partition coefficient (Wildman–Crippen LogP) is 1.52. The first-order valence-corrected chi connectivity index (χ1v) is 7.02. The molecule has 0 rings (SSSR count). The molecule has 0 aromatic carbocycles. The zero-order valence-corrected chi connectivity index (χ0v) is 12.3. The second-order valence-electron chi connectivity index (χ2n) is 5.72. The highest BCUT2D eigenvalue weighted by molar-refractivity contribution is 5.76. The van der Waals surface area contributed by atoms with Crippen molar-refractivity contribution >= 4 is 5.91 Å². The van der Waals surface area contributed by atoms with Gasteiger partial charge in [-0.2, -0.15) is 0 Å². The van der Waals surface area contributed by atoms with Crippen molar-refractivity contribution in [2.24, 2.45) is 23.5 Å². The second kappa shape index (κ2) is 9.34. The highest BCUT2D eigenvalue weighted by Gasteiger charge is 2.17. The van der Waals surface area contributed by atoms with Crippen LogP contribution in [0.15, 0.2) is 0 Å². The van der Waals surface area contributed by atoms with Crippen LogP contribution in [0.5, 0.6) is 0 Å². The van der Waals surface area contributed by atoms with Crippen molar-refractivity contribution < 1.29 is 9.90 Å². The number of hydrogen-bond donors (Lipinski definition) is 3. The molecule has 0 radical (unpaired) electrons. The molecule has 0 aliphatic carbocycles. The van der Waals surface area contributed by atoms with Gasteiger partial charge in [0.2, 0.25) is 5.91 Å². The van der Waals surface area contributed by atoms with Gasteiger partial charge in [0.15, 0.2) is 0 Å². The van der Waals surface area contributed by atoms with E-state index in [-0.39, 0.29) is 24.5 Å². The van der Waals surface area contributed by atoms with Crippen LogP contribution in [0.2, 0.25) is 0 Å². The zero-order chi connectivity index (χ0) is 14.1. The van der Waals surface area contributed by atoms with E-state index in [0.717, 1.165) is 12.8 Å². The molecule has 2 unspecified atom stereocenters. The molecule has 0 aliphatic rings. The smallest absolute Gasteiger partial charge is 0.220 e. The molecule has 0 saturated heterocycles. The van der Waals surface area contributed by atoms with Gasteiger partial charge in [0.05, 0.1) is 12.6 Å². The summed E-state index contributed by atoms with van der Waals surface area (Å²) in [4.78, 5) is 11.8. The second-order valence-corrected chi connectivity index (χ2v) is 5.72. The van der Waals surface area contributed by atoms with Crippen molar-refractivity contribution in [3.05, 3.63) is 0 Å².